The second-order valence-corrected chi connectivity index (χ2v) is 7.61. The van der Waals surface area contributed by atoms with Crippen molar-refractivity contribution in [3.8, 4) is 17.1 Å². The van der Waals surface area contributed by atoms with Gasteiger partial charge >= 0.3 is 0 Å². The molecule has 28 heavy (non-hydrogen) atoms. The molecule has 1 aromatic heterocycles. The molecule has 5 nitrogen and oxygen atoms in total. The van der Waals surface area contributed by atoms with Crippen LogP contribution in [0, 0.1) is 0 Å². The number of nitrogens with zero attached hydrogens (tertiary/aromatic N) is 2. The van der Waals surface area contributed by atoms with Crippen LogP contribution in [0.3, 0.4) is 0 Å². The first-order valence-corrected chi connectivity index (χ1v) is 10.1. The summed E-state index contributed by atoms with van der Waals surface area (Å²) in [7, 11) is 0. The van der Waals surface area contributed by atoms with Gasteiger partial charge in [-0.3, -0.25) is 4.79 Å². The summed E-state index contributed by atoms with van der Waals surface area (Å²) in [5, 5.41) is 3.55. The molecular weight excluding hydrogens is 397 g/mol. The Kier molecular flexibility index (Phi) is 6.81. The highest BCUT2D eigenvalue weighted by Crippen LogP contribution is 2.29. The van der Waals surface area contributed by atoms with E-state index in [1.807, 2.05) is 60.9 Å². The number of hydrogen-bond donors (Lipinski definition) is 1. The van der Waals surface area contributed by atoms with E-state index in [-0.39, 0.29) is 18.5 Å². The van der Waals surface area contributed by atoms with E-state index in [9.17, 15) is 4.79 Å². The molecule has 1 heterocycles. The van der Waals surface area contributed by atoms with Crippen molar-refractivity contribution in [1.82, 2.24) is 14.9 Å². The Hall–Kier alpha value is -2.24. The molecule has 0 aliphatic carbocycles. The van der Waals surface area contributed by atoms with E-state index in [1.165, 1.54) is 0 Å². The molecule has 0 saturated heterocycles. The van der Waals surface area contributed by atoms with Crippen molar-refractivity contribution in [2.75, 3.05) is 12.5 Å². The quantitative estimate of drug-likeness (QED) is 0.417. The van der Waals surface area contributed by atoms with Gasteiger partial charge in [-0.2, -0.15) is 0 Å². The second-order valence-electron chi connectivity index (χ2n) is 6.80. The fraction of sp³-hybridized carbons (Fsp3) is 0.333. The van der Waals surface area contributed by atoms with Crippen LogP contribution in [0.1, 0.15) is 20.3 Å². The Bertz CT molecular complexity index is 969. The summed E-state index contributed by atoms with van der Waals surface area (Å²) in [5.74, 6) is 1.90. The lowest BCUT2D eigenvalue weighted by atomic mass is 10.2. The van der Waals surface area contributed by atoms with Gasteiger partial charge in [0.2, 0.25) is 5.91 Å². The van der Waals surface area contributed by atoms with Crippen LogP contribution < -0.4 is 10.1 Å². The van der Waals surface area contributed by atoms with Crippen molar-refractivity contribution >= 4 is 40.1 Å². The lowest BCUT2D eigenvalue weighted by molar-refractivity contribution is -0.122. The summed E-state index contributed by atoms with van der Waals surface area (Å²) in [6, 6.07) is 13.2. The third kappa shape index (κ3) is 4.97. The minimum Gasteiger partial charge on any atom is -0.493 e. The summed E-state index contributed by atoms with van der Waals surface area (Å²) in [4.78, 5) is 17.2. The SMILES string of the molecule is CC(C)NC(=O)Cn1c(-c2cccc(Cl)c2)nc2cc(OCCCCl)ccc21. The number of rotatable bonds is 8. The zero-order chi connectivity index (χ0) is 20.1. The molecule has 0 saturated carbocycles. The van der Waals surface area contributed by atoms with Crippen LogP contribution >= 0.6 is 23.2 Å². The topological polar surface area (TPSA) is 56.2 Å². The molecule has 1 N–H and O–H groups in total. The zero-order valence-corrected chi connectivity index (χ0v) is 17.4. The maximum Gasteiger partial charge on any atom is 0.240 e. The van der Waals surface area contributed by atoms with E-state index in [4.69, 9.17) is 32.9 Å². The number of carbonyl (C=O) groups excluding carboxylic acids is 1. The Morgan fingerprint density at radius 3 is 2.79 bits per heavy atom. The van der Waals surface area contributed by atoms with Crippen LogP contribution in [-0.2, 0) is 11.3 Å². The number of aromatic nitrogens is 2. The fourth-order valence-electron chi connectivity index (χ4n) is 2.96. The van der Waals surface area contributed by atoms with Crippen LogP contribution in [0.5, 0.6) is 5.75 Å². The summed E-state index contributed by atoms with van der Waals surface area (Å²) < 4.78 is 7.63. The van der Waals surface area contributed by atoms with Gasteiger partial charge in [0.1, 0.15) is 18.1 Å². The highest BCUT2D eigenvalue weighted by atomic mass is 35.5. The third-order valence-electron chi connectivity index (χ3n) is 4.10. The smallest absolute Gasteiger partial charge is 0.240 e. The van der Waals surface area contributed by atoms with E-state index < -0.39 is 0 Å². The Morgan fingerprint density at radius 1 is 1.25 bits per heavy atom. The lowest BCUT2D eigenvalue weighted by Gasteiger charge is -2.12. The molecule has 0 atom stereocenters. The molecule has 0 spiro atoms. The molecule has 0 aliphatic heterocycles. The fourth-order valence-corrected chi connectivity index (χ4v) is 3.26. The standard InChI is InChI=1S/C21H23Cl2N3O2/c1-14(2)24-20(27)13-26-19-8-7-17(28-10-4-9-22)12-18(19)25-21(26)15-5-3-6-16(23)11-15/h3,5-8,11-12,14H,4,9-10,13H2,1-2H3,(H,24,27). The van der Waals surface area contributed by atoms with Crippen molar-refractivity contribution in [2.45, 2.75) is 32.9 Å². The van der Waals surface area contributed by atoms with Crippen molar-refractivity contribution in [2.24, 2.45) is 0 Å². The van der Waals surface area contributed by atoms with E-state index in [0.717, 1.165) is 28.8 Å². The Morgan fingerprint density at radius 2 is 2.07 bits per heavy atom. The number of carbonyl (C=O) groups is 1. The molecule has 0 radical (unpaired) electrons. The van der Waals surface area contributed by atoms with Gasteiger partial charge < -0.3 is 14.6 Å². The van der Waals surface area contributed by atoms with Crippen molar-refractivity contribution < 1.29 is 9.53 Å². The molecular formula is C21H23Cl2N3O2. The molecule has 3 rings (SSSR count). The number of fused-ring (bicyclic) bond motifs is 1. The normalized spacial score (nSPS) is 11.2. The van der Waals surface area contributed by atoms with Crippen molar-refractivity contribution in [3.63, 3.8) is 0 Å². The van der Waals surface area contributed by atoms with Crippen LogP contribution in [0.15, 0.2) is 42.5 Å². The molecule has 3 aromatic rings. The van der Waals surface area contributed by atoms with Gasteiger partial charge in [0.05, 0.1) is 17.6 Å². The molecule has 2 aromatic carbocycles. The monoisotopic (exact) mass is 419 g/mol. The minimum atomic E-state index is -0.0694. The Labute approximate surface area is 174 Å². The molecule has 0 bridgehead atoms. The highest BCUT2D eigenvalue weighted by Gasteiger charge is 2.16. The predicted octanol–water partition coefficient (Wildman–Crippen LogP) is 4.89. The maximum atomic E-state index is 12.4. The van der Waals surface area contributed by atoms with E-state index in [1.54, 1.807) is 0 Å². The summed E-state index contributed by atoms with van der Waals surface area (Å²) in [6.45, 7) is 4.59. The van der Waals surface area contributed by atoms with Gasteiger partial charge in [0.25, 0.3) is 0 Å². The first kappa shape index (κ1) is 20.5. The van der Waals surface area contributed by atoms with Crippen molar-refractivity contribution in [3.05, 3.63) is 47.5 Å². The van der Waals surface area contributed by atoms with E-state index in [0.29, 0.717) is 23.3 Å². The average Bonchev–Trinajstić information content (AvgIpc) is 2.99. The van der Waals surface area contributed by atoms with Gasteiger partial charge in [-0.1, -0.05) is 23.7 Å². The second kappa shape index (κ2) is 9.30. The number of amides is 1. The van der Waals surface area contributed by atoms with Crippen LogP contribution in [0.25, 0.3) is 22.4 Å². The number of ether oxygens (including phenoxy) is 1. The number of alkyl halides is 1. The van der Waals surface area contributed by atoms with Gasteiger partial charge in [-0.05, 0) is 44.5 Å². The highest BCUT2D eigenvalue weighted by molar-refractivity contribution is 6.30. The third-order valence-corrected chi connectivity index (χ3v) is 4.60. The number of imidazole rings is 1. The minimum absolute atomic E-state index is 0.0684. The first-order chi connectivity index (χ1) is 13.5. The molecule has 148 valence electrons. The number of nitrogens with one attached hydrogen (secondary N) is 1. The maximum absolute atomic E-state index is 12.4. The summed E-state index contributed by atoms with van der Waals surface area (Å²) in [6.07, 6.45) is 0.775. The van der Waals surface area contributed by atoms with Crippen molar-refractivity contribution in [1.29, 1.82) is 0 Å². The average molecular weight is 420 g/mol. The first-order valence-electron chi connectivity index (χ1n) is 9.22. The van der Waals surface area contributed by atoms with E-state index >= 15 is 0 Å². The molecule has 0 unspecified atom stereocenters. The number of hydrogen-bond acceptors (Lipinski definition) is 3. The van der Waals surface area contributed by atoms with Gasteiger partial charge in [0, 0.05) is 28.6 Å². The van der Waals surface area contributed by atoms with Crippen LogP contribution in [0.2, 0.25) is 5.02 Å². The van der Waals surface area contributed by atoms with Gasteiger partial charge in [0.15, 0.2) is 0 Å². The molecule has 7 heteroatoms. The summed E-state index contributed by atoms with van der Waals surface area (Å²) in [5.41, 5.74) is 2.47. The van der Waals surface area contributed by atoms with Gasteiger partial charge in [-0.15, -0.1) is 11.6 Å². The molecule has 1 amide bonds. The lowest BCUT2D eigenvalue weighted by Crippen LogP contribution is -2.33. The molecule has 0 aliphatic rings. The van der Waals surface area contributed by atoms with Gasteiger partial charge in [-0.25, -0.2) is 4.98 Å². The predicted molar refractivity (Wildman–Crippen MR) is 114 cm³/mol. The van der Waals surface area contributed by atoms with Crippen LogP contribution in [0.4, 0.5) is 0 Å². The zero-order valence-electron chi connectivity index (χ0n) is 15.9. The number of benzene rings is 2. The van der Waals surface area contributed by atoms with Crippen LogP contribution in [-0.4, -0.2) is 34.0 Å². The van der Waals surface area contributed by atoms with E-state index in [2.05, 4.69) is 5.32 Å². The number of halogens is 2. The largest absolute Gasteiger partial charge is 0.493 e. The Balaban J connectivity index is 2.02. The summed E-state index contributed by atoms with van der Waals surface area (Å²) >= 11 is 11.9. The molecule has 0 fully saturated rings.